The molecular weight excluding hydrogens is 388 g/mol. The van der Waals surface area contributed by atoms with Gasteiger partial charge in [-0.15, -0.1) is 11.3 Å². The summed E-state index contributed by atoms with van der Waals surface area (Å²) in [5.41, 5.74) is 0.440. The third-order valence-corrected chi connectivity index (χ3v) is 6.01. The van der Waals surface area contributed by atoms with E-state index in [9.17, 15) is 14.4 Å². The number of amides is 2. The van der Waals surface area contributed by atoms with Crippen molar-refractivity contribution in [2.24, 2.45) is 0 Å². The molecule has 2 N–H and O–H groups in total. The van der Waals surface area contributed by atoms with Crippen LogP contribution in [0.25, 0.3) is 0 Å². The van der Waals surface area contributed by atoms with Crippen molar-refractivity contribution in [2.75, 3.05) is 6.61 Å². The number of rotatable bonds is 7. The van der Waals surface area contributed by atoms with Gasteiger partial charge in [0.2, 0.25) is 0 Å². The SMILES string of the molecule is CCOC(=O)C1(NC(=O)c2ccc(CNC(=O)c3cccs3)cc2)CCCCC1. The molecule has 6 nitrogen and oxygen atoms in total. The van der Waals surface area contributed by atoms with Gasteiger partial charge in [-0.25, -0.2) is 4.79 Å². The Labute approximate surface area is 174 Å². The van der Waals surface area contributed by atoms with Gasteiger partial charge in [0.1, 0.15) is 5.54 Å². The number of nitrogens with one attached hydrogen (secondary N) is 2. The summed E-state index contributed by atoms with van der Waals surface area (Å²) in [5, 5.41) is 7.66. The first-order valence-corrected chi connectivity index (χ1v) is 10.8. The van der Waals surface area contributed by atoms with Crippen LogP contribution in [0, 0.1) is 0 Å². The van der Waals surface area contributed by atoms with Crippen molar-refractivity contribution in [1.29, 1.82) is 0 Å². The lowest BCUT2D eigenvalue weighted by atomic mass is 9.81. The zero-order chi connectivity index (χ0) is 20.7. The third kappa shape index (κ3) is 5.23. The first-order chi connectivity index (χ1) is 14.0. The van der Waals surface area contributed by atoms with Gasteiger partial charge in [-0.1, -0.05) is 37.5 Å². The summed E-state index contributed by atoms with van der Waals surface area (Å²) < 4.78 is 5.23. The standard InChI is InChI=1S/C22H26N2O4S/c1-2-28-21(27)22(12-4-3-5-13-22)24-19(25)17-10-8-16(9-11-17)15-23-20(26)18-7-6-14-29-18/h6-11,14H,2-5,12-13,15H2,1H3,(H,23,26)(H,24,25). The fourth-order valence-electron chi connectivity index (χ4n) is 3.55. The number of esters is 1. The zero-order valence-electron chi connectivity index (χ0n) is 16.5. The number of carbonyl (C=O) groups is 3. The van der Waals surface area contributed by atoms with Gasteiger partial charge in [0, 0.05) is 12.1 Å². The van der Waals surface area contributed by atoms with Crippen molar-refractivity contribution in [1.82, 2.24) is 10.6 Å². The largest absolute Gasteiger partial charge is 0.464 e. The Morgan fingerprint density at radius 1 is 1.03 bits per heavy atom. The highest BCUT2D eigenvalue weighted by Crippen LogP contribution is 2.30. The molecule has 0 atom stereocenters. The van der Waals surface area contributed by atoms with Crippen molar-refractivity contribution in [3.05, 3.63) is 57.8 Å². The van der Waals surface area contributed by atoms with Crippen molar-refractivity contribution >= 4 is 29.1 Å². The Bertz CT molecular complexity index is 840. The average Bonchev–Trinajstić information content (AvgIpc) is 3.28. The molecule has 1 aromatic heterocycles. The minimum absolute atomic E-state index is 0.115. The lowest BCUT2D eigenvalue weighted by Gasteiger charge is -2.35. The summed E-state index contributed by atoms with van der Waals surface area (Å²) >= 11 is 1.39. The molecule has 1 fully saturated rings. The van der Waals surface area contributed by atoms with E-state index in [0.717, 1.165) is 24.8 Å². The molecule has 0 spiro atoms. The highest BCUT2D eigenvalue weighted by Gasteiger charge is 2.42. The molecule has 0 unspecified atom stereocenters. The topological polar surface area (TPSA) is 84.5 Å². The van der Waals surface area contributed by atoms with Crippen LogP contribution in [-0.4, -0.2) is 29.9 Å². The van der Waals surface area contributed by atoms with E-state index in [1.54, 1.807) is 25.1 Å². The van der Waals surface area contributed by atoms with Crippen molar-refractivity contribution in [2.45, 2.75) is 51.1 Å². The van der Waals surface area contributed by atoms with E-state index in [-0.39, 0.29) is 17.8 Å². The number of thiophene rings is 1. The van der Waals surface area contributed by atoms with Crippen LogP contribution >= 0.6 is 11.3 Å². The minimum Gasteiger partial charge on any atom is -0.464 e. The Kier molecular flexibility index (Phi) is 7.04. The van der Waals surface area contributed by atoms with Gasteiger partial charge < -0.3 is 15.4 Å². The number of carbonyl (C=O) groups excluding carboxylic acids is 3. The molecule has 0 radical (unpaired) electrons. The lowest BCUT2D eigenvalue weighted by Crippen LogP contribution is -2.56. The van der Waals surface area contributed by atoms with Crippen LogP contribution in [0.4, 0.5) is 0 Å². The van der Waals surface area contributed by atoms with Gasteiger partial charge in [-0.05, 0) is 48.9 Å². The van der Waals surface area contributed by atoms with Gasteiger partial charge in [-0.3, -0.25) is 9.59 Å². The smallest absolute Gasteiger partial charge is 0.331 e. The van der Waals surface area contributed by atoms with Crippen molar-refractivity contribution < 1.29 is 19.1 Å². The quantitative estimate of drug-likeness (QED) is 0.677. The Morgan fingerprint density at radius 3 is 2.38 bits per heavy atom. The maximum Gasteiger partial charge on any atom is 0.331 e. The van der Waals surface area contributed by atoms with Crippen molar-refractivity contribution in [3.8, 4) is 0 Å². The van der Waals surface area contributed by atoms with Gasteiger partial charge in [-0.2, -0.15) is 0 Å². The number of benzene rings is 1. The first-order valence-electron chi connectivity index (χ1n) is 9.94. The second-order valence-corrected chi connectivity index (χ2v) is 8.12. The first kappa shape index (κ1) is 21.0. The maximum absolute atomic E-state index is 12.8. The van der Waals surface area contributed by atoms with Crippen LogP contribution in [0.1, 0.15) is 64.6 Å². The molecule has 154 valence electrons. The highest BCUT2D eigenvalue weighted by molar-refractivity contribution is 7.12. The number of ether oxygens (including phenoxy) is 1. The molecule has 1 aliphatic carbocycles. The van der Waals surface area contributed by atoms with Gasteiger partial charge in [0.15, 0.2) is 0 Å². The Morgan fingerprint density at radius 2 is 1.76 bits per heavy atom. The van der Waals surface area contributed by atoms with Crippen LogP contribution in [0.3, 0.4) is 0 Å². The molecule has 1 aliphatic rings. The lowest BCUT2D eigenvalue weighted by molar-refractivity contribution is -0.152. The summed E-state index contributed by atoms with van der Waals surface area (Å²) in [6.45, 7) is 2.44. The second kappa shape index (κ2) is 9.69. The third-order valence-electron chi connectivity index (χ3n) is 5.14. The summed E-state index contributed by atoms with van der Waals surface area (Å²) in [6, 6.07) is 10.6. The Balaban J connectivity index is 1.61. The van der Waals surface area contributed by atoms with Crippen LogP contribution in [0.15, 0.2) is 41.8 Å². The van der Waals surface area contributed by atoms with Crippen molar-refractivity contribution in [3.63, 3.8) is 0 Å². The van der Waals surface area contributed by atoms with Gasteiger partial charge in [0.05, 0.1) is 11.5 Å². The molecule has 0 aliphatic heterocycles. The zero-order valence-corrected chi connectivity index (χ0v) is 17.3. The number of hydrogen-bond donors (Lipinski definition) is 2. The second-order valence-electron chi connectivity index (χ2n) is 7.17. The molecule has 1 saturated carbocycles. The van der Waals surface area contributed by atoms with Gasteiger partial charge in [0.25, 0.3) is 11.8 Å². The van der Waals surface area contributed by atoms with Crippen LogP contribution < -0.4 is 10.6 Å². The predicted octanol–water partition coefficient (Wildman–Crippen LogP) is 3.67. The predicted molar refractivity (Wildman–Crippen MR) is 112 cm³/mol. The molecule has 0 bridgehead atoms. The minimum atomic E-state index is -0.932. The van der Waals surface area contributed by atoms with Gasteiger partial charge >= 0.3 is 5.97 Å². The fourth-order valence-corrected chi connectivity index (χ4v) is 4.19. The molecule has 0 saturated heterocycles. The van der Waals surface area contributed by atoms with E-state index in [4.69, 9.17) is 4.74 Å². The monoisotopic (exact) mass is 414 g/mol. The van der Waals surface area contributed by atoms with E-state index < -0.39 is 5.54 Å². The maximum atomic E-state index is 12.8. The molecule has 7 heteroatoms. The van der Waals surface area contributed by atoms with E-state index in [1.807, 2.05) is 23.6 Å². The molecule has 1 heterocycles. The van der Waals surface area contributed by atoms with E-state index in [0.29, 0.717) is 36.4 Å². The number of hydrogen-bond acceptors (Lipinski definition) is 5. The van der Waals surface area contributed by atoms with E-state index >= 15 is 0 Å². The van der Waals surface area contributed by atoms with Crippen LogP contribution in [-0.2, 0) is 16.1 Å². The van der Waals surface area contributed by atoms with Crippen LogP contribution in [0.5, 0.6) is 0 Å². The molecule has 1 aromatic carbocycles. The average molecular weight is 415 g/mol. The summed E-state index contributed by atoms with van der Waals surface area (Å²) in [5.74, 6) is -0.745. The molecular formula is C22H26N2O4S. The normalized spacial score (nSPS) is 15.3. The van der Waals surface area contributed by atoms with E-state index in [1.165, 1.54) is 11.3 Å². The van der Waals surface area contributed by atoms with Crippen LogP contribution in [0.2, 0.25) is 0 Å². The summed E-state index contributed by atoms with van der Waals surface area (Å²) in [4.78, 5) is 38.0. The molecule has 2 aromatic rings. The molecule has 29 heavy (non-hydrogen) atoms. The summed E-state index contributed by atoms with van der Waals surface area (Å²) in [6.07, 6.45) is 4.04. The Hall–Kier alpha value is -2.67. The molecule has 2 amide bonds. The fraction of sp³-hybridized carbons (Fsp3) is 0.409. The molecule has 3 rings (SSSR count). The summed E-state index contributed by atoms with van der Waals surface area (Å²) in [7, 11) is 0. The highest BCUT2D eigenvalue weighted by atomic mass is 32.1. The van der Waals surface area contributed by atoms with E-state index in [2.05, 4.69) is 10.6 Å².